The highest BCUT2D eigenvalue weighted by Gasteiger charge is 2.31. The van der Waals surface area contributed by atoms with E-state index in [1.807, 2.05) is 6.92 Å². The fraction of sp³-hybridized carbons (Fsp3) is 0.450. The number of fused-ring (bicyclic) bond motifs is 1. The summed E-state index contributed by atoms with van der Waals surface area (Å²) < 4.78 is 43.6. The molecule has 2 aliphatic heterocycles. The molecule has 2 amide bonds. The van der Waals surface area contributed by atoms with Gasteiger partial charge in [-0.05, 0) is 31.2 Å². The van der Waals surface area contributed by atoms with Crippen molar-refractivity contribution in [3.05, 3.63) is 46.9 Å². The number of morpholine rings is 1. The van der Waals surface area contributed by atoms with Crippen LogP contribution in [0.3, 0.4) is 0 Å². The number of hydrogen-bond donors (Lipinski definition) is 1. The lowest BCUT2D eigenvalue weighted by molar-refractivity contribution is -0.137. The van der Waals surface area contributed by atoms with Crippen molar-refractivity contribution >= 4 is 17.5 Å². The number of rotatable bonds is 2. The van der Waals surface area contributed by atoms with Gasteiger partial charge < -0.3 is 19.9 Å². The molecule has 0 atom stereocenters. The minimum Gasteiger partial charge on any atom is -0.378 e. The third-order valence-corrected chi connectivity index (χ3v) is 5.21. The standard InChI is InChI=1S/C20H22F3N5O2/c1-13-24-17-6-7-28(12-16(17)18(25-13)27-8-10-30-11-9-27)19(29)26-15-4-2-14(3-5-15)20(21,22)23/h2-5H,6-12H2,1H3,(H,26,29). The van der Waals surface area contributed by atoms with Crippen molar-refractivity contribution in [3.63, 3.8) is 0 Å². The molecule has 1 fully saturated rings. The Morgan fingerprint density at radius 1 is 1.10 bits per heavy atom. The van der Waals surface area contributed by atoms with Gasteiger partial charge in [0.2, 0.25) is 0 Å². The first-order chi connectivity index (χ1) is 14.3. The number of halogens is 3. The van der Waals surface area contributed by atoms with Gasteiger partial charge in [0.1, 0.15) is 11.6 Å². The van der Waals surface area contributed by atoms with Crippen molar-refractivity contribution in [3.8, 4) is 0 Å². The lowest BCUT2D eigenvalue weighted by Crippen LogP contribution is -2.42. The van der Waals surface area contributed by atoms with Crippen molar-refractivity contribution in [1.82, 2.24) is 14.9 Å². The molecule has 2 aliphatic rings. The van der Waals surface area contributed by atoms with E-state index in [1.54, 1.807) is 4.90 Å². The fourth-order valence-electron chi connectivity index (χ4n) is 3.67. The first-order valence-electron chi connectivity index (χ1n) is 9.73. The number of anilines is 2. The van der Waals surface area contributed by atoms with Gasteiger partial charge in [0, 0.05) is 37.3 Å². The van der Waals surface area contributed by atoms with Crippen LogP contribution in [-0.4, -0.2) is 53.7 Å². The summed E-state index contributed by atoms with van der Waals surface area (Å²) in [5.74, 6) is 1.52. The van der Waals surface area contributed by atoms with E-state index in [1.165, 1.54) is 12.1 Å². The van der Waals surface area contributed by atoms with E-state index in [-0.39, 0.29) is 6.03 Å². The maximum absolute atomic E-state index is 12.7. The molecule has 10 heteroatoms. The molecule has 1 aromatic carbocycles. The Kier molecular flexibility index (Phi) is 5.50. The van der Waals surface area contributed by atoms with Gasteiger partial charge in [-0.1, -0.05) is 0 Å². The van der Waals surface area contributed by atoms with Crippen molar-refractivity contribution < 1.29 is 22.7 Å². The number of aryl methyl sites for hydroxylation is 1. The average Bonchev–Trinajstić information content (AvgIpc) is 2.73. The Balaban J connectivity index is 1.50. The second kappa shape index (κ2) is 8.10. The van der Waals surface area contributed by atoms with Crippen molar-refractivity contribution in [2.24, 2.45) is 0 Å². The van der Waals surface area contributed by atoms with Gasteiger partial charge in [-0.25, -0.2) is 14.8 Å². The maximum atomic E-state index is 12.7. The highest BCUT2D eigenvalue weighted by Crippen LogP contribution is 2.30. The van der Waals surface area contributed by atoms with Crippen LogP contribution in [0.25, 0.3) is 0 Å². The van der Waals surface area contributed by atoms with Crippen LogP contribution in [-0.2, 0) is 23.9 Å². The third kappa shape index (κ3) is 4.33. The number of aromatic nitrogens is 2. The van der Waals surface area contributed by atoms with E-state index in [2.05, 4.69) is 20.2 Å². The summed E-state index contributed by atoms with van der Waals surface area (Å²) in [6.45, 7) is 5.36. The number of carbonyl (C=O) groups excluding carboxylic acids is 1. The van der Waals surface area contributed by atoms with Crippen molar-refractivity contribution in [2.75, 3.05) is 43.1 Å². The Morgan fingerprint density at radius 2 is 1.80 bits per heavy atom. The van der Waals surface area contributed by atoms with E-state index < -0.39 is 11.7 Å². The monoisotopic (exact) mass is 421 g/mol. The van der Waals surface area contributed by atoms with Gasteiger partial charge in [0.05, 0.1) is 31.0 Å². The minimum atomic E-state index is -4.41. The van der Waals surface area contributed by atoms with Gasteiger partial charge in [0.15, 0.2) is 0 Å². The van der Waals surface area contributed by atoms with Crippen molar-refractivity contribution in [1.29, 1.82) is 0 Å². The first-order valence-corrected chi connectivity index (χ1v) is 9.73. The molecular formula is C20H22F3N5O2. The number of ether oxygens (including phenoxy) is 1. The van der Waals surface area contributed by atoms with Crippen LogP contribution in [0.2, 0.25) is 0 Å². The summed E-state index contributed by atoms with van der Waals surface area (Å²) in [4.78, 5) is 25.7. The molecule has 0 aliphatic carbocycles. The van der Waals surface area contributed by atoms with E-state index in [0.29, 0.717) is 44.2 Å². The molecule has 0 radical (unpaired) electrons. The van der Waals surface area contributed by atoms with Gasteiger partial charge in [-0.15, -0.1) is 0 Å². The molecule has 1 N–H and O–H groups in total. The molecular weight excluding hydrogens is 399 g/mol. The molecule has 30 heavy (non-hydrogen) atoms. The number of carbonyl (C=O) groups is 1. The van der Waals surface area contributed by atoms with Crippen LogP contribution in [0.15, 0.2) is 24.3 Å². The molecule has 1 saturated heterocycles. The number of alkyl halides is 3. The smallest absolute Gasteiger partial charge is 0.378 e. The van der Waals surface area contributed by atoms with Gasteiger partial charge in [-0.2, -0.15) is 13.2 Å². The molecule has 160 valence electrons. The highest BCUT2D eigenvalue weighted by molar-refractivity contribution is 5.89. The molecule has 0 unspecified atom stereocenters. The molecule has 1 aromatic heterocycles. The molecule has 0 bridgehead atoms. The highest BCUT2D eigenvalue weighted by atomic mass is 19.4. The van der Waals surface area contributed by atoms with Crippen LogP contribution in [0.4, 0.5) is 29.5 Å². The maximum Gasteiger partial charge on any atom is 0.416 e. The molecule has 3 heterocycles. The minimum absolute atomic E-state index is 0.312. The summed E-state index contributed by atoms with van der Waals surface area (Å²) in [6.07, 6.45) is -3.82. The number of nitrogens with zero attached hydrogens (tertiary/aromatic N) is 4. The zero-order valence-electron chi connectivity index (χ0n) is 16.5. The quantitative estimate of drug-likeness (QED) is 0.806. The number of benzene rings is 1. The second-order valence-electron chi connectivity index (χ2n) is 7.30. The van der Waals surface area contributed by atoms with E-state index in [0.717, 1.165) is 42.3 Å². The Hall–Kier alpha value is -2.88. The third-order valence-electron chi connectivity index (χ3n) is 5.21. The predicted octanol–water partition coefficient (Wildman–Crippen LogP) is 3.23. The topological polar surface area (TPSA) is 70.6 Å². The zero-order valence-corrected chi connectivity index (χ0v) is 16.5. The van der Waals surface area contributed by atoms with Crippen LogP contribution < -0.4 is 10.2 Å². The second-order valence-corrected chi connectivity index (χ2v) is 7.30. The van der Waals surface area contributed by atoms with Gasteiger partial charge >= 0.3 is 12.2 Å². The summed E-state index contributed by atoms with van der Waals surface area (Å²) in [6, 6.07) is 4.05. The number of hydrogen-bond acceptors (Lipinski definition) is 5. The lowest BCUT2D eigenvalue weighted by Gasteiger charge is -2.34. The molecule has 2 aromatic rings. The normalized spacial score (nSPS) is 16.9. The van der Waals surface area contributed by atoms with Crippen LogP contribution in [0.5, 0.6) is 0 Å². The molecule has 0 saturated carbocycles. The first kappa shape index (κ1) is 20.4. The molecule has 0 spiro atoms. The summed E-state index contributed by atoms with van der Waals surface area (Å²) in [5.41, 5.74) is 1.40. The van der Waals surface area contributed by atoms with Crippen LogP contribution in [0.1, 0.15) is 22.6 Å². The van der Waals surface area contributed by atoms with Crippen molar-refractivity contribution in [2.45, 2.75) is 26.1 Å². The zero-order chi connectivity index (χ0) is 21.3. The Morgan fingerprint density at radius 3 is 2.47 bits per heavy atom. The van der Waals surface area contributed by atoms with Crippen LogP contribution >= 0.6 is 0 Å². The van der Waals surface area contributed by atoms with Crippen LogP contribution in [0, 0.1) is 6.92 Å². The predicted molar refractivity (Wildman–Crippen MR) is 104 cm³/mol. The largest absolute Gasteiger partial charge is 0.416 e. The SMILES string of the molecule is Cc1nc2c(c(N3CCOCC3)n1)CN(C(=O)Nc1ccc(C(F)(F)F)cc1)CC2. The number of amides is 2. The summed E-state index contributed by atoms with van der Waals surface area (Å²) in [5, 5.41) is 2.68. The summed E-state index contributed by atoms with van der Waals surface area (Å²) >= 11 is 0. The molecule has 7 nitrogen and oxygen atoms in total. The van der Waals surface area contributed by atoms with Gasteiger partial charge in [-0.3, -0.25) is 0 Å². The number of nitrogens with one attached hydrogen (secondary N) is 1. The van der Waals surface area contributed by atoms with Gasteiger partial charge in [0.25, 0.3) is 0 Å². The van der Waals surface area contributed by atoms with E-state index in [9.17, 15) is 18.0 Å². The lowest BCUT2D eigenvalue weighted by atomic mass is 10.1. The Labute approximate surface area is 171 Å². The summed E-state index contributed by atoms with van der Waals surface area (Å²) in [7, 11) is 0. The average molecular weight is 421 g/mol. The Bertz CT molecular complexity index is 927. The number of urea groups is 1. The van der Waals surface area contributed by atoms with E-state index >= 15 is 0 Å². The fourth-order valence-corrected chi connectivity index (χ4v) is 3.67. The van der Waals surface area contributed by atoms with E-state index in [4.69, 9.17) is 4.74 Å². The molecule has 4 rings (SSSR count).